The minimum Gasteiger partial charge on any atom is -0.327 e. The van der Waals surface area contributed by atoms with Gasteiger partial charge in [-0.2, -0.15) is 5.10 Å². The van der Waals surface area contributed by atoms with Crippen molar-refractivity contribution in [1.29, 1.82) is 0 Å². The van der Waals surface area contributed by atoms with Crippen LogP contribution in [0, 0.1) is 12.7 Å². The van der Waals surface area contributed by atoms with E-state index >= 15 is 0 Å². The maximum atomic E-state index is 14.4. The fourth-order valence-corrected chi connectivity index (χ4v) is 4.06. The Balaban J connectivity index is 1.72. The van der Waals surface area contributed by atoms with Crippen molar-refractivity contribution in [3.63, 3.8) is 0 Å². The third kappa shape index (κ3) is 5.30. The fraction of sp³-hybridized carbons (Fsp3) is 0.179. The first-order chi connectivity index (χ1) is 16.8. The molecule has 0 aliphatic rings. The number of benzene rings is 3. The molecule has 2 amide bonds. The van der Waals surface area contributed by atoms with Crippen LogP contribution in [0.5, 0.6) is 0 Å². The largest absolute Gasteiger partial charge is 0.327 e. The van der Waals surface area contributed by atoms with Gasteiger partial charge in [0.25, 0.3) is 5.91 Å². The molecule has 1 N–H and O–H groups in total. The lowest BCUT2D eigenvalue weighted by Gasteiger charge is -2.30. The highest BCUT2D eigenvalue weighted by Crippen LogP contribution is 2.28. The Kier molecular flexibility index (Phi) is 7.06. The number of nitrogens with one attached hydrogen (secondary N) is 1. The first kappa shape index (κ1) is 23.9. The number of rotatable bonds is 7. The van der Waals surface area contributed by atoms with Gasteiger partial charge in [0, 0.05) is 19.2 Å². The molecule has 0 saturated carbocycles. The zero-order valence-electron chi connectivity index (χ0n) is 19.9. The summed E-state index contributed by atoms with van der Waals surface area (Å²) in [6, 6.07) is 23.2. The summed E-state index contributed by atoms with van der Waals surface area (Å²) in [5, 5.41) is 7.11. The standard InChI is InChI=1S/C28H27FN4O2/c1-19(23-12-9-13-24(16-23)31-21(3)34)32(18-22-10-5-4-6-11-22)28(35)25-17-30-33(20(25)2)27-15-8-7-14-26(27)29/h4-17,19H,18H2,1-3H3,(H,31,34). The summed E-state index contributed by atoms with van der Waals surface area (Å²) in [6.07, 6.45) is 1.49. The predicted octanol–water partition coefficient (Wildman–Crippen LogP) is 5.68. The molecule has 4 aromatic rings. The van der Waals surface area contributed by atoms with Gasteiger partial charge in [-0.1, -0.05) is 54.6 Å². The summed E-state index contributed by atoms with van der Waals surface area (Å²) >= 11 is 0. The van der Waals surface area contributed by atoms with Crippen molar-refractivity contribution in [2.24, 2.45) is 0 Å². The quantitative estimate of drug-likeness (QED) is 0.378. The van der Waals surface area contributed by atoms with E-state index in [-0.39, 0.29) is 23.5 Å². The Morgan fingerprint density at radius 1 is 1.03 bits per heavy atom. The molecule has 0 fully saturated rings. The molecule has 1 unspecified atom stereocenters. The van der Waals surface area contributed by atoms with E-state index in [0.29, 0.717) is 23.5 Å². The van der Waals surface area contributed by atoms with Crippen molar-refractivity contribution in [2.45, 2.75) is 33.4 Å². The van der Waals surface area contributed by atoms with Crippen LogP contribution in [-0.4, -0.2) is 26.5 Å². The molecule has 0 aliphatic heterocycles. The summed E-state index contributed by atoms with van der Waals surface area (Å²) < 4.78 is 15.9. The number of nitrogens with zero attached hydrogens (tertiary/aromatic N) is 3. The second kappa shape index (κ2) is 10.3. The molecule has 0 spiro atoms. The Morgan fingerprint density at radius 2 is 1.74 bits per heavy atom. The summed E-state index contributed by atoms with van der Waals surface area (Å²) in [7, 11) is 0. The van der Waals surface area contributed by atoms with Crippen molar-refractivity contribution >= 4 is 17.5 Å². The van der Waals surface area contributed by atoms with Crippen LogP contribution in [0.1, 0.15) is 47.1 Å². The van der Waals surface area contributed by atoms with Gasteiger partial charge < -0.3 is 10.2 Å². The van der Waals surface area contributed by atoms with Crippen molar-refractivity contribution in [1.82, 2.24) is 14.7 Å². The molecule has 3 aromatic carbocycles. The number of hydrogen-bond acceptors (Lipinski definition) is 3. The van der Waals surface area contributed by atoms with Crippen LogP contribution >= 0.6 is 0 Å². The van der Waals surface area contributed by atoms with Gasteiger partial charge in [-0.15, -0.1) is 0 Å². The molecule has 4 rings (SSSR count). The summed E-state index contributed by atoms with van der Waals surface area (Å²) in [5.74, 6) is -0.795. The van der Waals surface area contributed by atoms with Crippen molar-refractivity contribution < 1.29 is 14.0 Å². The van der Waals surface area contributed by atoms with Gasteiger partial charge in [-0.05, 0) is 49.2 Å². The lowest BCUT2D eigenvalue weighted by atomic mass is 10.0. The number of halogens is 1. The number of anilines is 1. The second-order valence-corrected chi connectivity index (χ2v) is 8.41. The van der Waals surface area contributed by atoms with Crippen LogP contribution in [0.3, 0.4) is 0 Å². The number of carbonyl (C=O) groups excluding carboxylic acids is 2. The van der Waals surface area contributed by atoms with Crippen LogP contribution < -0.4 is 5.32 Å². The molecule has 0 saturated heterocycles. The Hall–Kier alpha value is -4.26. The van der Waals surface area contributed by atoms with E-state index in [1.54, 1.807) is 30.0 Å². The highest BCUT2D eigenvalue weighted by molar-refractivity contribution is 5.95. The highest BCUT2D eigenvalue weighted by atomic mass is 19.1. The molecule has 0 aliphatic carbocycles. The molecule has 35 heavy (non-hydrogen) atoms. The van der Waals surface area contributed by atoms with Crippen LogP contribution in [-0.2, 0) is 11.3 Å². The number of carbonyl (C=O) groups is 2. The van der Waals surface area contributed by atoms with E-state index in [0.717, 1.165) is 11.1 Å². The van der Waals surface area contributed by atoms with Crippen LogP contribution in [0.4, 0.5) is 10.1 Å². The van der Waals surface area contributed by atoms with Gasteiger partial charge in [0.2, 0.25) is 5.91 Å². The molecular formula is C28H27FN4O2. The van der Waals surface area contributed by atoms with E-state index in [4.69, 9.17) is 0 Å². The van der Waals surface area contributed by atoms with Crippen LogP contribution in [0.25, 0.3) is 5.69 Å². The minimum atomic E-state index is -0.415. The minimum absolute atomic E-state index is 0.164. The topological polar surface area (TPSA) is 67.2 Å². The van der Waals surface area contributed by atoms with Crippen molar-refractivity contribution in [2.75, 3.05) is 5.32 Å². The van der Waals surface area contributed by atoms with Crippen LogP contribution in [0.2, 0.25) is 0 Å². The lowest BCUT2D eigenvalue weighted by Crippen LogP contribution is -2.33. The normalized spacial score (nSPS) is 11.7. The second-order valence-electron chi connectivity index (χ2n) is 8.41. The van der Waals surface area contributed by atoms with Gasteiger partial charge in [0.05, 0.1) is 23.5 Å². The zero-order chi connectivity index (χ0) is 24.9. The maximum absolute atomic E-state index is 14.4. The van der Waals surface area contributed by atoms with Gasteiger partial charge in [0.15, 0.2) is 0 Å². The average Bonchev–Trinajstić information content (AvgIpc) is 3.23. The van der Waals surface area contributed by atoms with Crippen molar-refractivity contribution in [3.05, 3.63) is 113 Å². The van der Waals surface area contributed by atoms with E-state index in [2.05, 4.69) is 10.4 Å². The third-order valence-corrected chi connectivity index (χ3v) is 5.93. The van der Waals surface area contributed by atoms with E-state index in [1.165, 1.54) is 23.9 Å². The first-order valence-corrected chi connectivity index (χ1v) is 11.4. The third-order valence-electron chi connectivity index (χ3n) is 5.93. The maximum Gasteiger partial charge on any atom is 0.258 e. The fourth-order valence-electron chi connectivity index (χ4n) is 4.06. The molecule has 1 aromatic heterocycles. The summed E-state index contributed by atoms with van der Waals surface area (Å²) in [5.41, 5.74) is 3.75. The molecule has 0 radical (unpaired) electrons. The molecule has 7 heteroatoms. The number of para-hydroxylation sites is 1. The van der Waals surface area contributed by atoms with E-state index in [9.17, 15) is 14.0 Å². The molecule has 1 atom stereocenters. The number of amides is 2. The van der Waals surface area contributed by atoms with Gasteiger partial charge in [0.1, 0.15) is 11.5 Å². The molecular weight excluding hydrogens is 443 g/mol. The molecule has 6 nitrogen and oxygen atoms in total. The Morgan fingerprint density at radius 3 is 2.46 bits per heavy atom. The number of hydrogen-bond donors (Lipinski definition) is 1. The average molecular weight is 471 g/mol. The van der Waals surface area contributed by atoms with Crippen molar-refractivity contribution in [3.8, 4) is 5.69 Å². The Labute approximate surface area is 204 Å². The van der Waals surface area contributed by atoms with Crippen LogP contribution in [0.15, 0.2) is 85.1 Å². The number of aromatic nitrogens is 2. The predicted molar refractivity (Wildman–Crippen MR) is 134 cm³/mol. The van der Waals surface area contributed by atoms with Gasteiger partial charge >= 0.3 is 0 Å². The molecule has 178 valence electrons. The van der Waals surface area contributed by atoms with E-state index < -0.39 is 5.82 Å². The summed E-state index contributed by atoms with van der Waals surface area (Å²) in [4.78, 5) is 27.2. The monoisotopic (exact) mass is 470 g/mol. The zero-order valence-corrected chi connectivity index (χ0v) is 19.9. The molecule has 0 bridgehead atoms. The first-order valence-electron chi connectivity index (χ1n) is 11.4. The lowest BCUT2D eigenvalue weighted by molar-refractivity contribution is -0.114. The smallest absolute Gasteiger partial charge is 0.258 e. The van der Waals surface area contributed by atoms with Gasteiger partial charge in [-0.3, -0.25) is 9.59 Å². The SMILES string of the molecule is CC(=O)Nc1cccc(C(C)N(Cc2ccccc2)C(=O)c2cnn(-c3ccccc3F)c2C)c1. The molecule has 1 heterocycles. The highest BCUT2D eigenvalue weighted by Gasteiger charge is 2.27. The van der Waals surface area contributed by atoms with E-state index in [1.807, 2.05) is 61.5 Å². The Bertz CT molecular complexity index is 1350. The van der Waals surface area contributed by atoms with Gasteiger partial charge in [-0.25, -0.2) is 9.07 Å². The summed E-state index contributed by atoms with van der Waals surface area (Å²) in [6.45, 7) is 5.53.